The molecule has 0 aliphatic carbocycles. The van der Waals surface area contributed by atoms with Crippen molar-refractivity contribution in [1.82, 2.24) is 16.0 Å². The van der Waals surface area contributed by atoms with Gasteiger partial charge in [-0.3, -0.25) is 14.4 Å². The Morgan fingerprint density at radius 3 is 2.08 bits per heavy atom. The molecule has 0 aromatic heterocycles. The molecule has 6 atom stereocenters. The van der Waals surface area contributed by atoms with Crippen LogP contribution >= 0.6 is 0 Å². The first-order valence-corrected chi connectivity index (χ1v) is 18.3. The normalized spacial score (nSPS) is 22.8. The minimum Gasteiger partial charge on any atom is -0.388 e. The average Bonchev–Trinajstić information content (AvgIpc) is 3.01. The van der Waals surface area contributed by atoms with Crippen LogP contribution in [-0.2, 0) is 33.3 Å². The molecule has 1 aliphatic heterocycles. The lowest BCUT2D eigenvalue weighted by Gasteiger charge is -2.41. The van der Waals surface area contributed by atoms with Crippen molar-refractivity contribution in [2.75, 3.05) is 26.3 Å². The molecule has 0 saturated carbocycles. The maximum Gasteiger partial charge on any atom is 0.225 e. The molecular formula is C37H68N4O10. The predicted octanol–water partition coefficient (Wildman–Crippen LogP) is 3.20. The Kier molecular flexibility index (Phi) is 18.5. The number of nitrogens with one attached hydrogen (secondary N) is 3. The van der Waals surface area contributed by atoms with Crippen LogP contribution < -0.4 is 16.0 Å². The highest BCUT2D eigenvalue weighted by Gasteiger charge is 2.45. The van der Waals surface area contributed by atoms with Crippen LogP contribution in [0.25, 0.3) is 0 Å². The second kappa shape index (κ2) is 20.2. The molecule has 6 N–H and O–H groups in total. The van der Waals surface area contributed by atoms with E-state index < -0.39 is 64.4 Å². The summed E-state index contributed by atoms with van der Waals surface area (Å²) in [5.74, 6) is -0.597. The number of carbonyl (C=O) groups excluding carboxylic acids is 3. The third-order valence-corrected chi connectivity index (χ3v) is 9.18. The molecule has 0 spiro atoms. The number of ether oxygens (including phenoxy) is 4. The van der Waals surface area contributed by atoms with E-state index in [0.717, 1.165) is 6.42 Å². The minimum absolute atomic E-state index is 0.0704. The van der Waals surface area contributed by atoms with Gasteiger partial charge in [-0.15, -0.1) is 0 Å². The summed E-state index contributed by atoms with van der Waals surface area (Å²) in [6, 6.07) is 1.27. The van der Waals surface area contributed by atoms with E-state index in [9.17, 15) is 35.0 Å². The monoisotopic (exact) mass is 728 g/mol. The maximum atomic E-state index is 13.2. The van der Waals surface area contributed by atoms with Crippen molar-refractivity contribution in [2.45, 2.75) is 175 Å². The first kappa shape index (κ1) is 46.6. The lowest BCUT2D eigenvalue weighted by Crippen LogP contribution is -2.63. The molecule has 1 saturated heterocycles. The number of amides is 3. The molecule has 14 nitrogen and oxygen atoms in total. The number of hydrogen-bond donors (Lipinski definition) is 6. The van der Waals surface area contributed by atoms with E-state index in [2.05, 4.69) is 22.0 Å². The van der Waals surface area contributed by atoms with Gasteiger partial charge in [0.2, 0.25) is 17.7 Å². The second-order valence-corrected chi connectivity index (χ2v) is 16.6. The van der Waals surface area contributed by atoms with E-state index in [1.165, 1.54) is 6.92 Å². The molecule has 1 aliphatic rings. The number of nitriles is 1. The van der Waals surface area contributed by atoms with E-state index in [0.29, 0.717) is 64.6 Å². The number of nitrogens with zero attached hydrogens (tertiary/aromatic N) is 1. The first-order chi connectivity index (χ1) is 23.4. The third kappa shape index (κ3) is 17.3. The highest BCUT2D eigenvalue weighted by atomic mass is 16.7. The molecule has 6 unspecified atom stereocenters. The lowest BCUT2D eigenvalue weighted by molar-refractivity contribution is -0.315. The van der Waals surface area contributed by atoms with Crippen LogP contribution in [0, 0.1) is 22.2 Å². The second-order valence-electron chi connectivity index (χ2n) is 16.6. The van der Waals surface area contributed by atoms with Crippen molar-refractivity contribution in [3.05, 3.63) is 0 Å². The van der Waals surface area contributed by atoms with Crippen LogP contribution in [0.5, 0.6) is 0 Å². The van der Waals surface area contributed by atoms with Crippen molar-refractivity contribution < 1.29 is 48.7 Å². The van der Waals surface area contributed by atoms with E-state index >= 15 is 0 Å². The molecule has 296 valence electrons. The van der Waals surface area contributed by atoms with Crippen LogP contribution in [0.4, 0.5) is 0 Å². The van der Waals surface area contributed by atoms with Gasteiger partial charge in [0.25, 0.3) is 0 Å². The quantitative estimate of drug-likeness (QED) is 0.0842. The highest BCUT2D eigenvalue weighted by Crippen LogP contribution is 2.34. The van der Waals surface area contributed by atoms with Crippen molar-refractivity contribution >= 4 is 17.7 Å². The van der Waals surface area contributed by atoms with Gasteiger partial charge in [-0.25, -0.2) is 0 Å². The van der Waals surface area contributed by atoms with Gasteiger partial charge in [0, 0.05) is 38.5 Å². The minimum atomic E-state index is -1.64. The largest absolute Gasteiger partial charge is 0.388 e. The standard InChI is InChI=1S/C37H68N4O10/c1-12-37(11,23-38)17-16-26(43)39-20-18-34(5,6)49-24-36(9,10)51-35(7,8)22-33(3,4)32(47)40-19-14-13-15-21-48-31-27(41-25(2)42)28(44)29(45)30(46)50-31/h27-31,44-46H,12-22,24H2,1-11H3,(H,39,43)(H,40,47)(H,41,42). The number of unbranched alkanes of at least 4 members (excludes halogenated alkanes) is 2. The van der Waals surface area contributed by atoms with Crippen molar-refractivity contribution in [1.29, 1.82) is 5.26 Å². The van der Waals surface area contributed by atoms with Gasteiger partial charge in [-0.05, 0) is 93.4 Å². The SMILES string of the molecule is CCC(C)(C#N)CCC(=O)NCCC(C)(C)OCC(C)(C)OC(C)(C)CC(C)(C)C(=O)NCCCCCOC1OC(O)C(O)C(O)C1NC(C)=O. The van der Waals surface area contributed by atoms with E-state index in [4.69, 9.17) is 18.9 Å². The number of hydrogen-bond acceptors (Lipinski definition) is 11. The smallest absolute Gasteiger partial charge is 0.225 e. The Bertz CT molecular complexity index is 1150. The summed E-state index contributed by atoms with van der Waals surface area (Å²) in [4.78, 5) is 37.0. The van der Waals surface area contributed by atoms with Crippen molar-refractivity contribution in [2.24, 2.45) is 10.8 Å². The van der Waals surface area contributed by atoms with Gasteiger partial charge in [0.05, 0.1) is 34.9 Å². The zero-order valence-electron chi connectivity index (χ0n) is 33.0. The fraction of sp³-hybridized carbons (Fsp3) is 0.892. The summed E-state index contributed by atoms with van der Waals surface area (Å²) in [6.07, 6.45) is -1.17. The molecule has 1 rings (SSSR count). The fourth-order valence-corrected chi connectivity index (χ4v) is 6.11. The van der Waals surface area contributed by atoms with Gasteiger partial charge in [-0.2, -0.15) is 5.26 Å². The van der Waals surface area contributed by atoms with E-state index in [1.54, 1.807) is 0 Å². The molecule has 3 amide bonds. The van der Waals surface area contributed by atoms with E-state index in [-0.39, 0.29) is 18.4 Å². The Balaban J connectivity index is 2.45. The van der Waals surface area contributed by atoms with Crippen LogP contribution in [-0.4, -0.2) is 107 Å². The Labute approximate surface area is 305 Å². The summed E-state index contributed by atoms with van der Waals surface area (Å²) in [6.45, 7) is 22.1. The molecule has 0 aromatic carbocycles. The molecule has 1 heterocycles. The van der Waals surface area contributed by atoms with Crippen LogP contribution in [0.2, 0.25) is 0 Å². The molecular weight excluding hydrogens is 660 g/mol. The van der Waals surface area contributed by atoms with Gasteiger partial charge in [-0.1, -0.05) is 20.8 Å². The zero-order valence-corrected chi connectivity index (χ0v) is 33.0. The van der Waals surface area contributed by atoms with Gasteiger partial charge < -0.3 is 50.2 Å². The molecule has 14 heteroatoms. The molecule has 0 radical (unpaired) electrons. The number of carbonyl (C=O) groups is 3. The highest BCUT2D eigenvalue weighted by molar-refractivity contribution is 5.81. The summed E-state index contributed by atoms with van der Waals surface area (Å²) in [5.41, 5.74) is -3.01. The number of aliphatic hydroxyl groups is 3. The topological polar surface area (TPSA) is 209 Å². The summed E-state index contributed by atoms with van der Waals surface area (Å²) >= 11 is 0. The zero-order chi connectivity index (χ0) is 39.3. The summed E-state index contributed by atoms with van der Waals surface area (Å²) < 4.78 is 23.6. The van der Waals surface area contributed by atoms with Gasteiger partial charge in [0.1, 0.15) is 18.2 Å². The van der Waals surface area contributed by atoms with Crippen LogP contribution in [0.15, 0.2) is 0 Å². The number of rotatable bonds is 23. The lowest BCUT2D eigenvalue weighted by atomic mass is 9.80. The predicted molar refractivity (Wildman–Crippen MR) is 192 cm³/mol. The van der Waals surface area contributed by atoms with Crippen LogP contribution in [0.1, 0.15) is 128 Å². The van der Waals surface area contributed by atoms with Gasteiger partial charge >= 0.3 is 0 Å². The first-order valence-electron chi connectivity index (χ1n) is 18.3. The Morgan fingerprint density at radius 1 is 0.843 bits per heavy atom. The van der Waals surface area contributed by atoms with Crippen molar-refractivity contribution in [3.63, 3.8) is 0 Å². The average molecular weight is 729 g/mol. The van der Waals surface area contributed by atoms with Crippen molar-refractivity contribution in [3.8, 4) is 6.07 Å². The molecule has 51 heavy (non-hydrogen) atoms. The van der Waals surface area contributed by atoms with Crippen LogP contribution in [0.3, 0.4) is 0 Å². The Hall–Kier alpha value is -2.38. The molecule has 0 aromatic rings. The number of aliphatic hydroxyl groups excluding tert-OH is 3. The Morgan fingerprint density at radius 2 is 1.49 bits per heavy atom. The maximum absolute atomic E-state index is 13.2. The molecule has 1 fully saturated rings. The molecule has 0 bridgehead atoms. The summed E-state index contributed by atoms with van der Waals surface area (Å²) in [5, 5.41) is 47.7. The fourth-order valence-electron chi connectivity index (χ4n) is 6.11. The van der Waals surface area contributed by atoms with E-state index in [1.807, 2.05) is 69.2 Å². The summed E-state index contributed by atoms with van der Waals surface area (Å²) in [7, 11) is 0. The third-order valence-electron chi connectivity index (χ3n) is 9.18. The van der Waals surface area contributed by atoms with Gasteiger partial charge in [0.15, 0.2) is 12.6 Å².